The number of carbonyl (C=O) groups is 2. The summed E-state index contributed by atoms with van der Waals surface area (Å²) in [4.78, 5) is 33.3. The number of rotatable bonds is 6. The Morgan fingerprint density at radius 3 is 2.39 bits per heavy atom. The fourth-order valence-corrected chi connectivity index (χ4v) is 1.86. The van der Waals surface area contributed by atoms with Crippen LogP contribution in [0.1, 0.15) is 17.3 Å². The van der Waals surface area contributed by atoms with Gasteiger partial charge in [-0.25, -0.2) is 0 Å². The monoisotopic (exact) mass is 314 g/mol. The molecule has 2 rings (SSSR count). The molecule has 0 radical (unpaired) electrons. The molecule has 0 unspecified atom stereocenters. The third kappa shape index (κ3) is 4.37. The molecule has 2 aromatic rings. The Morgan fingerprint density at radius 2 is 1.78 bits per heavy atom. The molecular weight excluding hydrogens is 300 g/mol. The number of benzene rings is 2. The van der Waals surface area contributed by atoms with Gasteiger partial charge in [0.05, 0.1) is 4.92 Å². The molecule has 0 aromatic heterocycles. The lowest BCUT2D eigenvalue weighted by molar-refractivity contribution is -0.383. The van der Waals surface area contributed by atoms with Gasteiger partial charge in [0, 0.05) is 11.6 Å². The maximum atomic E-state index is 11.8. The van der Waals surface area contributed by atoms with Crippen LogP contribution in [-0.4, -0.2) is 23.2 Å². The smallest absolute Gasteiger partial charge is 0.292 e. The van der Waals surface area contributed by atoms with Crippen LogP contribution in [0.4, 0.5) is 11.4 Å². The molecule has 0 fully saturated rings. The Labute approximate surface area is 132 Å². The average Bonchev–Trinajstić information content (AvgIpc) is 2.53. The maximum Gasteiger partial charge on any atom is 0.292 e. The number of nitro groups is 1. The molecule has 2 aromatic carbocycles. The van der Waals surface area contributed by atoms with Crippen LogP contribution in [0.2, 0.25) is 0 Å². The van der Waals surface area contributed by atoms with Crippen molar-refractivity contribution < 1.29 is 19.2 Å². The fraction of sp³-hybridized carbons (Fsp3) is 0.125. The zero-order valence-corrected chi connectivity index (χ0v) is 12.3. The summed E-state index contributed by atoms with van der Waals surface area (Å²) in [6.45, 7) is 1.15. The summed E-state index contributed by atoms with van der Waals surface area (Å²) in [6.07, 6.45) is 0. The number of Topliss-reactive ketones (excluding diaryl/α,β-unsaturated/α-hetero) is 1. The van der Waals surface area contributed by atoms with Crippen LogP contribution >= 0.6 is 0 Å². The molecule has 0 aliphatic rings. The van der Waals surface area contributed by atoms with Crippen molar-refractivity contribution in [2.24, 2.45) is 0 Å². The lowest BCUT2D eigenvalue weighted by Gasteiger charge is -2.08. The molecule has 0 aliphatic heterocycles. The van der Waals surface area contributed by atoms with Gasteiger partial charge in [0.2, 0.25) is 0 Å². The van der Waals surface area contributed by atoms with Crippen LogP contribution in [0.25, 0.3) is 0 Å². The number of amides is 1. The zero-order valence-electron chi connectivity index (χ0n) is 12.3. The van der Waals surface area contributed by atoms with Crippen LogP contribution in [0.15, 0.2) is 48.5 Å². The first-order chi connectivity index (χ1) is 11.0. The van der Waals surface area contributed by atoms with Crippen LogP contribution in [0.5, 0.6) is 5.75 Å². The van der Waals surface area contributed by atoms with Crippen molar-refractivity contribution in [1.29, 1.82) is 0 Å². The summed E-state index contributed by atoms with van der Waals surface area (Å²) >= 11 is 0. The number of anilines is 1. The number of nitrogens with one attached hydrogen (secondary N) is 1. The molecule has 0 spiro atoms. The Hall–Kier alpha value is -3.22. The molecule has 0 aliphatic carbocycles. The molecule has 23 heavy (non-hydrogen) atoms. The highest BCUT2D eigenvalue weighted by Gasteiger charge is 2.14. The number of ether oxygens (including phenoxy) is 1. The van der Waals surface area contributed by atoms with Crippen LogP contribution in [0, 0.1) is 10.1 Å². The van der Waals surface area contributed by atoms with E-state index >= 15 is 0 Å². The largest absolute Gasteiger partial charge is 0.484 e. The van der Waals surface area contributed by atoms with Gasteiger partial charge >= 0.3 is 0 Å². The summed E-state index contributed by atoms with van der Waals surface area (Å²) in [5, 5.41) is 13.3. The van der Waals surface area contributed by atoms with Gasteiger partial charge in [-0.15, -0.1) is 0 Å². The van der Waals surface area contributed by atoms with Crippen molar-refractivity contribution in [3.05, 3.63) is 64.2 Å². The molecule has 7 nitrogen and oxygen atoms in total. The number of hydrogen-bond acceptors (Lipinski definition) is 5. The highest BCUT2D eigenvalue weighted by Crippen LogP contribution is 2.23. The number of hydrogen-bond donors (Lipinski definition) is 1. The minimum Gasteiger partial charge on any atom is -0.484 e. The van der Waals surface area contributed by atoms with Gasteiger partial charge < -0.3 is 10.1 Å². The van der Waals surface area contributed by atoms with E-state index in [0.717, 1.165) is 0 Å². The van der Waals surface area contributed by atoms with E-state index in [9.17, 15) is 19.7 Å². The van der Waals surface area contributed by atoms with Gasteiger partial charge in [-0.05, 0) is 37.3 Å². The lowest BCUT2D eigenvalue weighted by Crippen LogP contribution is -2.20. The SMILES string of the molecule is CC(=O)c1ccc(OCC(=O)Nc2ccccc2[N+](=O)[O-])cc1. The molecule has 118 valence electrons. The molecular formula is C16H14N2O5. The van der Waals surface area contributed by atoms with E-state index in [0.29, 0.717) is 11.3 Å². The van der Waals surface area contributed by atoms with Gasteiger partial charge in [-0.2, -0.15) is 0 Å². The summed E-state index contributed by atoms with van der Waals surface area (Å²) in [6, 6.07) is 12.2. The fourth-order valence-electron chi connectivity index (χ4n) is 1.86. The summed E-state index contributed by atoms with van der Waals surface area (Å²) in [5.74, 6) is -0.159. The first-order valence-corrected chi connectivity index (χ1v) is 6.74. The predicted molar refractivity (Wildman–Crippen MR) is 83.7 cm³/mol. The number of nitrogens with zero attached hydrogens (tertiary/aromatic N) is 1. The molecule has 7 heteroatoms. The van der Waals surface area contributed by atoms with Crippen molar-refractivity contribution in [3.8, 4) is 5.75 Å². The van der Waals surface area contributed by atoms with Crippen molar-refractivity contribution in [1.82, 2.24) is 0 Å². The van der Waals surface area contributed by atoms with E-state index in [1.54, 1.807) is 30.3 Å². The van der Waals surface area contributed by atoms with E-state index in [4.69, 9.17) is 4.74 Å². The molecule has 0 atom stereocenters. The molecule has 1 amide bonds. The number of para-hydroxylation sites is 2. The van der Waals surface area contributed by atoms with E-state index in [1.807, 2.05) is 0 Å². The van der Waals surface area contributed by atoms with E-state index < -0.39 is 10.8 Å². The standard InChI is InChI=1S/C16H14N2O5/c1-11(19)12-6-8-13(9-7-12)23-10-16(20)17-14-4-2-3-5-15(14)18(21)22/h2-9H,10H2,1H3,(H,17,20). The van der Waals surface area contributed by atoms with Gasteiger partial charge in [0.1, 0.15) is 11.4 Å². The molecule has 0 bridgehead atoms. The highest BCUT2D eigenvalue weighted by molar-refractivity contribution is 5.94. The second kappa shape index (κ2) is 7.17. The average molecular weight is 314 g/mol. The summed E-state index contributed by atoms with van der Waals surface area (Å²) < 4.78 is 5.28. The van der Waals surface area contributed by atoms with Gasteiger partial charge in [-0.1, -0.05) is 12.1 Å². The molecule has 1 N–H and O–H groups in total. The predicted octanol–water partition coefficient (Wildman–Crippen LogP) is 2.81. The first-order valence-electron chi connectivity index (χ1n) is 6.74. The second-order valence-corrected chi connectivity index (χ2v) is 4.69. The van der Waals surface area contributed by atoms with Gasteiger partial charge in [0.25, 0.3) is 11.6 Å². The maximum absolute atomic E-state index is 11.8. The third-order valence-corrected chi connectivity index (χ3v) is 3.01. The first kappa shape index (κ1) is 16.2. The third-order valence-electron chi connectivity index (χ3n) is 3.01. The van der Waals surface area contributed by atoms with Crippen molar-refractivity contribution in [3.63, 3.8) is 0 Å². The topological polar surface area (TPSA) is 98.5 Å². The minimum absolute atomic E-state index is 0.0642. The van der Waals surface area contributed by atoms with Crippen molar-refractivity contribution >= 4 is 23.1 Å². The van der Waals surface area contributed by atoms with E-state index in [1.165, 1.54) is 25.1 Å². The van der Waals surface area contributed by atoms with Gasteiger partial charge in [0.15, 0.2) is 12.4 Å². The van der Waals surface area contributed by atoms with E-state index in [-0.39, 0.29) is 23.8 Å². The number of ketones is 1. The molecule has 0 saturated heterocycles. The summed E-state index contributed by atoms with van der Waals surface area (Å²) in [5.41, 5.74) is 0.464. The van der Waals surface area contributed by atoms with Crippen LogP contribution in [0.3, 0.4) is 0 Å². The quantitative estimate of drug-likeness (QED) is 0.502. The van der Waals surface area contributed by atoms with Crippen LogP contribution < -0.4 is 10.1 Å². The van der Waals surface area contributed by atoms with E-state index in [2.05, 4.69) is 5.32 Å². The van der Waals surface area contributed by atoms with Crippen molar-refractivity contribution in [2.75, 3.05) is 11.9 Å². The van der Waals surface area contributed by atoms with Crippen LogP contribution in [-0.2, 0) is 4.79 Å². The summed E-state index contributed by atoms with van der Waals surface area (Å²) in [7, 11) is 0. The highest BCUT2D eigenvalue weighted by atomic mass is 16.6. The Kier molecular flexibility index (Phi) is 5.03. The minimum atomic E-state index is -0.572. The second-order valence-electron chi connectivity index (χ2n) is 4.69. The normalized spacial score (nSPS) is 9.96. The Bertz CT molecular complexity index is 740. The van der Waals surface area contributed by atoms with Crippen molar-refractivity contribution in [2.45, 2.75) is 6.92 Å². The Morgan fingerprint density at radius 1 is 1.13 bits per heavy atom. The molecule has 0 heterocycles. The number of nitro benzene ring substituents is 1. The molecule has 0 saturated carbocycles. The zero-order chi connectivity index (χ0) is 16.8. The Balaban J connectivity index is 1.95. The number of carbonyl (C=O) groups excluding carboxylic acids is 2. The van der Waals surface area contributed by atoms with Gasteiger partial charge in [-0.3, -0.25) is 19.7 Å². The lowest BCUT2D eigenvalue weighted by atomic mass is 10.1.